The van der Waals surface area contributed by atoms with E-state index in [9.17, 15) is 10.1 Å². The molecule has 1 atom stereocenters. The van der Waals surface area contributed by atoms with Crippen molar-refractivity contribution in [2.45, 2.75) is 32.2 Å². The Morgan fingerprint density at radius 1 is 1.44 bits per heavy atom. The predicted molar refractivity (Wildman–Crippen MR) is 62.5 cm³/mol. The fourth-order valence-electron chi connectivity index (χ4n) is 1.83. The molecule has 0 aliphatic carbocycles. The number of nitrogens with one attached hydrogen (secondary N) is 1. The van der Waals surface area contributed by atoms with Gasteiger partial charge in [0, 0.05) is 6.92 Å². The molecule has 0 radical (unpaired) electrons. The molecule has 1 amide bonds. The van der Waals surface area contributed by atoms with Gasteiger partial charge >= 0.3 is 0 Å². The number of benzene rings is 1. The Morgan fingerprint density at radius 3 is 2.50 bits per heavy atom. The van der Waals surface area contributed by atoms with Crippen LogP contribution in [0.5, 0.6) is 0 Å². The van der Waals surface area contributed by atoms with Crippen molar-refractivity contribution in [2.75, 3.05) is 0 Å². The number of nitriles is 1. The minimum Gasteiger partial charge on any atom is -0.334 e. The van der Waals surface area contributed by atoms with Crippen molar-refractivity contribution >= 4 is 5.91 Å². The first-order chi connectivity index (χ1) is 7.64. The van der Waals surface area contributed by atoms with Crippen LogP contribution in [0.2, 0.25) is 0 Å². The van der Waals surface area contributed by atoms with E-state index in [0.29, 0.717) is 6.42 Å². The third-order valence-electron chi connectivity index (χ3n) is 2.47. The number of hydrogen-bond donors (Lipinski definition) is 1. The molecule has 0 fully saturated rings. The number of nitrogens with zero attached hydrogens (tertiary/aromatic N) is 1. The van der Waals surface area contributed by atoms with Crippen LogP contribution in [-0.4, -0.2) is 5.91 Å². The van der Waals surface area contributed by atoms with Gasteiger partial charge in [0.2, 0.25) is 5.91 Å². The number of hydrogen-bond acceptors (Lipinski definition) is 2. The Hall–Kier alpha value is -1.82. The molecule has 16 heavy (non-hydrogen) atoms. The van der Waals surface area contributed by atoms with Crippen LogP contribution in [0.1, 0.15) is 32.3 Å². The van der Waals surface area contributed by atoms with Gasteiger partial charge in [0.05, 0.1) is 6.07 Å². The summed E-state index contributed by atoms with van der Waals surface area (Å²) < 4.78 is 0. The van der Waals surface area contributed by atoms with Crippen molar-refractivity contribution in [3.63, 3.8) is 0 Å². The first kappa shape index (κ1) is 12.3. The fraction of sp³-hybridized carbons (Fsp3) is 0.385. The summed E-state index contributed by atoms with van der Waals surface area (Å²) in [6.45, 7) is 3.43. The molecule has 1 N–H and O–H groups in total. The van der Waals surface area contributed by atoms with Crippen LogP contribution >= 0.6 is 0 Å². The van der Waals surface area contributed by atoms with Gasteiger partial charge in [-0.05, 0) is 12.0 Å². The SMILES string of the molecule is CCCC(C#N)(NC(C)=O)c1ccccc1. The Kier molecular flexibility index (Phi) is 4.07. The van der Waals surface area contributed by atoms with Crippen molar-refractivity contribution in [3.05, 3.63) is 35.9 Å². The lowest BCUT2D eigenvalue weighted by Gasteiger charge is -2.27. The molecule has 0 bridgehead atoms. The van der Waals surface area contributed by atoms with Crippen molar-refractivity contribution in [1.29, 1.82) is 5.26 Å². The van der Waals surface area contributed by atoms with Crippen LogP contribution in [0, 0.1) is 11.3 Å². The van der Waals surface area contributed by atoms with Crippen molar-refractivity contribution in [1.82, 2.24) is 5.32 Å². The highest BCUT2D eigenvalue weighted by Crippen LogP contribution is 2.25. The van der Waals surface area contributed by atoms with Gasteiger partial charge in [-0.25, -0.2) is 0 Å². The van der Waals surface area contributed by atoms with Crippen molar-refractivity contribution < 1.29 is 4.79 Å². The molecule has 1 unspecified atom stereocenters. The number of amides is 1. The second-order valence-corrected chi connectivity index (χ2v) is 3.81. The van der Waals surface area contributed by atoms with Gasteiger partial charge in [0.25, 0.3) is 0 Å². The molecule has 3 heteroatoms. The molecular formula is C13H16N2O. The molecule has 0 aliphatic rings. The summed E-state index contributed by atoms with van der Waals surface area (Å²) in [5.74, 6) is -0.182. The molecule has 3 nitrogen and oxygen atoms in total. The van der Waals surface area contributed by atoms with Crippen LogP contribution in [0.3, 0.4) is 0 Å². The zero-order valence-corrected chi connectivity index (χ0v) is 9.66. The van der Waals surface area contributed by atoms with Crippen LogP contribution in [-0.2, 0) is 10.3 Å². The molecule has 0 aromatic heterocycles. The molecule has 84 valence electrons. The lowest BCUT2D eigenvalue weighted by molar-refractivity contribution is -0.120. The van der Waals surface area contributed by atoms with E-state index in [0.717, 1.165) is 12.0 Å². The Bertz CT molecular complexity index is 394. The summed E-state index contributed by atoms with van der Waals surface area (Å²) in [5.41, 5.74) is -0.0449. The van der Waals surface area contributed by atoms with Crippen LogP contribution in [0.25, 0.3) is 0 Å². The first-order valence-corrected chi connectivity index (χ1v) is 5.40. The summed E-state index contributed by atoms with van der Waals surface area (Å²) in [5, 5.41) is 12.1. The van der Waals surface area contributed by atoms with Crippen molar-refractivity contribution in [2.24, 2.45) is 0 Å². The first-order valence-electron chi connectivity index (χ1n) is 5.40. The van der Waals surface area contributed by atoms with Gasteiger partial charge in [-0.3, -0.25) is 4.79 Å². The summed E-state index contributed by atoms with van der Waals surface area (Å²) in [6.07, 6.45) is 1.45. The second-order valence-electron chi connectivity index (χ2n) is 3.81. The van der Waals surface area contributed by atoms with Crippen LogP contribution in [0.4, 0.5) is 0 Å². The highest BCUT2D eigenvalue weighted by molar-refractivity contribution is 5.74. The summed E-state index contributed by atoms with van der Waals surface area (Å²) >= 11 is 0. The maximum absolute atomic E-state index is 11.2. The van der Waals surface area contributed by atoms with E-state index in [-0.39, 0.29) is 5.91 Å². The summed E-state index contributed by atoms with van der Waals surface area (Å²) in [4.78, 5) is 11.2. The molecule has 1 aromatic rings. The molecule has 0 saturated carbocycles. The van der Waals surface area contributed by atoms with E-state index in [2.05, 4.69) is 11.4 Å². The zero-order valence-electron chi connectivity index (χ0n) is 9.66. The van der Waals surface area contributed by atoms with Gasteiger partial charge in [-0.2, -0.15) is 5.26 Å². The minimum absolute atomic E-state index is 0.182. The van der Waals surface area contributed by atoms with E-state index in [1.54, 1.807) is 0 Å². The van der Waals surface area contributed by atoms with Gasteiger partial charge in [-0.1, -0.05) is 43.7 Å². The average Bonchev–Trinajstić information content (AvgIpc) is 2.29. The minimum atomic E-state index is -0.887. The van der Waals surface area contributed by atoms with E-state index in [4.69, 9.17) is 0 Å². The monoisotopic (exact) mass is 216 g/mol. The Labute approximate surface area is 96.1 Å². The van der Waals surface area contributed by atoms with Gasteiger partial charge in [0.15, 0.2) is 5.54 Å². The quantitative estimate of drug-likeness (QED) is 0.839. The molecule has 1 rings (SSSR count). The van der Waals surface area contributed by atoms with E-state index in [1.807, 2.05) is 37.3 Å². The molecule has 1 aromatic carbocycles. The third kappa shape index (κ3) is 2.60. The Balaban J connectivity index is 3.13. The number of carbonyl (C=O) groups is 1. The fourth-order valence-corrected chi connectivity index (χ4v) is 1.83. The van der Waals surface area contributed by atoms with Gasteiger partial charge in [-0.15, -0.1) is 0 Å². The second kappa shape index (κ2) is 5.32. The molecular weight excluding hydrogens is 200 g/mol. The normalized spacial score (nSPS) is 13.6. The zero-order chi connectivity index (χ0) is 12.0. The highest BCUT2D eigenvalue weighted by Gasteiger charge is 2.31. The standard InChI is InChI=1S/C13H16N2O/c1-3-9-13(10-14,15-11(2)16)12-7-5-4-6-8-12/h4-8H,3,9H2,1-2H3,(H,15,16). The molecule has 0 heterocycles. The van der Waals surface area contributed by atoms with Crippen LogP contribution in [0.15, 0.2) is 30.3 Å². The summed E-state index contributed by atoms with van der Waals surface area (Å²) in [7, 11) is 0. The summed E-state index contributed by atoms with van der Waals surface area (Å²) in [6, 6.07) is 11.6. The maximum atomic E-state index is 11.2. The topological polar surface area (TPSA) is 52.9 Å². The van der Waals surface area contributed by atoms with E-state index < -0.39 is 5.54 Å². The predicted octanol–water partition coefficient (Wildman–Crippen LogP) is 2.34. The van der Waals surface area contributed by atoms with Crippen LogP contribution < -0.4 is 5.32 Å². The smallest absolute Gasteiger partial charge is 0.218 e. The maximum Gasteiger partial charge on any atom is 0.218 e. The number of rotatable bonds is 4. The van der Waals surface area contributed by atoms with Gasteiger partial charge in [0.1, 0.15) is 0 Å². The van der Waals surface area contributed by atoms with E-state index >= 15 is 0 Å². The molecule has 0 spiro atoms. The lowest BCUT2D eigenvalue weighted by atomic mass is 9.87. The Morgan fingerprint density at radius 2 is 2.06 bits per heavy atom. The molecule has 0 aliphatic heterocycles. The van der Waals surface area contributed by atoms with E-state index in [1.165, 1.54) is 6.92 Å². The largest absolute Gasteiger partial charge is 0.334 e. The number of carbonyl (C=O) groups excluding carboxylic acids is 1. The third-order valence-corrected chi connectivity index (χ3v) is 2.47. The highest BCUT2D eigenvalue weighted by atomic mass is 16.1. The molecule has 0 saturated heterocycles. The van der Waals surface area contributed by atoms with Gasteiger partial charge < -0.3 is 5.32 Å². The average molecular weight is 216 g/mol. The van der Waals surface area contributed by atoms with Crippen molar-refractivity contribution in [3.8, 4) is 6.07 Å². The lowest BCUT2D eigenvalue weighted by Crippen LogP contribution is -2.43.